The number of pyridine rings is 1. The molecule has 3 rings (SSSR count). The third-order valence-electron chi connectivity index (χ3n) is 4.85. The monoisotopic (exact) mass is 360 g/mol. The van der Waals surface area contributed by atoms with Gasteiger partial charge in [-0.05, 0) is 44.0 Å². The highest BCUT2D eigenvalue weighted by atomic mass is 35.5. The van der Waals surface area contributed by atoms with Gasteiger partial charge in [-0.25, -0.2) is 4.98 Å². The fraction of sp³-hybridized carbons (Fsp3) is 0.500. The van der Waals surface area contributed by atoms with Crippen molar-refractivity contribution in [3.05, 3.63) is 35.0 Å². The van der Waals surface area contributed by atoms with Crippen LogP contribution in [-0.4, -0.2) is 28.4 Å². The molecule has 1 fully saturated rings. The summed E-state index contributed by atoms with van der Waals surface area (Å²) in [7, 11) is 0. The number of fused-ring (bicyclic) bond motifs is 1. The van der Waals surface area contributed by atoms with Crippen LogP contribution in [0.1, 0.15) is 51.5 Å². The minimum atomic E-state index is 0.186. The van der Waals surface area contributed by atoms with Crippen molar-refractivity contribution in [2.45, 2.75) is 58.5 Å². The highest BCUT2D eigenvalue weighted by Crippen LogP contribution is 2.29. The van der Waals surface area contributed by atoms with Gasteiger partial charge in [0.25, 0.3) is 0 Å². The molecule has 0 spiro atoms. The summed E-state index contributed by atoms with van der Waals surface area (Å²) in [5.41, 5.74) is 1.74. The molecule has 25 heavy (non-hydrogen) atoms. The lowest BCUT2D eigenvalue weighted by Crippen LogP contribution is -2.37. The van der Waals surface area contributed by atoms with Crippen LogP contribution in [0.2, 0.25) is 5.15 Å². The molecule has 0 atom stereocenters. The number of hydrogen-bond donors (Lipinski definition) is 0. The average Bonchev–Trinajstić information content (AvgIpc) is 3.14. The van der Waals surface area contributed by atoms with E-state index in [0.29, 0.717) is 30.8 Å². The van der Waals surface area contributed by atoms with Gasteiger partial charge in [-0.3, -0.25) is 4.79 Å². The van der Waals surface area contributed by atoms with Crippen molar-refractivity contribution in [1.82, 2.24) is 9.88 Å². The summed E-state index contributed by atoms with van der Waals surface area (Å²) >= 11 is 6.42. The van der Waals surface area contributed by atoms with Crippen LogP contribution in [0.15, 0.2) is 24.3 Å². The first-order chi connectivity index (χ1) is 12.1. The van der Waals surface area contributed by atoms with E-state index >= 15 is 0 Å². The third-order valence-corrected chi connectivity index (χ3v) is 5.18. The lowest BCUT2D eigenvalue weighted by molar-refractivity contribution is -0.133. The zero-order valence-electron chi connectivity index (χ0n) is 14.9. The molecule has 5 heteroatoms. The van der Waals surface area contributed by atoms with Crippen LogP contribution < -0.4 is 4.74 Å². The minimum absolute atomic E-state index is 0.186. The van der Waals surface area contributed by atoms with E-state index < -0.39 is 0 Å². The van der Waals surface area contributed by atoms with Gasteiger partial charge in [0.05, 0.1) is 12.1 Å². The van der Waals surface area contributed by atoms with Crippen molar-refractivity contribution < 1.29 is 9.53 Å². The fourth-order valence-electron chi connectivity index (χ4n) is 3.57. The Kier molecular flexibility index (Phi) is 5.79. The first-order valence-electron chi connectivity index (χ1n) is 9.13. The molecule has 134 valence electrons. The number of carbonyl (C=O) groups is 1. The number of hydrogen-bond acceptors (Lipinski definition) is 3. The normalized spacial score (nSPS) is 14.8. The molecular weight excluding hydrogens is 336 g/mol. The van der Waals surface area contributed by atoms with Crippen LogP contribution in [0.5, 0.6) is 5.75 Å². The van der Waals surface area contributed by atoms with Crippen LogP contribution in [0.4, 0.5) is 0 Å². The van der Waals surface area contributed by atoms with Crippen LogP contribution in [-0.2, 0) is 11.3 Å². The standard InChI is InChI=1S/C20H25ClN2O2/c1-3-19(24)23(16-7-5-6-8-16)13-15-11-14-12-17(25-4-2)9-10-18(14)22-20(15)21/h9-12,16H,3-8,13H2,1-2H3. The van der Waals surface area contributed by atoms with E-state index in [1.807, 2.05) is 43.0 Å². The van der Waals surface area contributed by atoms with Gasteiger partial charge in [0, 0.05) is 30.0 Å². The number of benzene rings is 1. The second kappa shape index (κ2) is 8.05. The van der Waals surface area contributed by atoms with E-state index in [1.54, 1.807) is 0 Å². The van der Waals surface area contributed by atoms with Crippen molar-refractivity contribution >= 4 is 28.4 Å². The molecule has 1 aromatic heterocycles. The van der Waals surface area contributed by atoms with Crippen molar-refractivity contribution in [3.8, 4) is 5.75 Å². The van der Waals surface area contributed by atoms with Gasteiger partial charge >= 0.3 is 0 Å². The van der Waals surface area contributed by atoms with Crippen molar-refractivity contribution in [1.29, 1.82) is 0 Å². The zero-order valence-corrected chi connectivity index (χ0v) is 15.7. The smallest absolute Gasteiger partial charge is 0.222 e. The van der Waals surface area contributed by atoms with E-state index in [-0.39, 0.29) is 5.91 Å². The number of halogens is 1. The first kappa shape index (κ1) is 18.0. The van der Waals surface area contributed by atoms with E-state index in [2.05, 4.69) is 4.98 Å². The highest BCUT2D eigenvalue weighted by Gasteiger charge is 2.26. The fourth-order valence-corrected chi connectivity index (χ4v) is 3.77. The maximum Gasteiger partial charge on any atom is 0.222 e. The Hall–Kier alpha value is -1.81. The molecule has 1 heterocycles. The Bertz CT molecular complexity index is 757. The molecule has 0 unspecified atom stereocenters. The Morgan fingerprint density at radius 2 is 2.04 bits per heavy atom. The molecule has 1 aliphatic rings. The number of carbonyl (C=O) groups excluding carboxylic acids is 1. The third kappa shape index (κ3) is 4.06. The number of nitrogens with zero attached hydrogens (tertiary/aromatic N) is 2. The van der Waals surface area contributed by atoms with Crippen LogP contribution in [0.25, 0.3) is 10.9 Å². The van der Waals surface area contributed by atoms with Crippen LogP contribution in [0, 0.1) is 0 Å². The molecule has 0 aliphatic heterocycles. The van der Waals surface area contributed by atoms with Crippen molar-refractivity contribution in [2.75, 3.05) is 6.61 Å². The molecular formula is C20H25ClN2O2. The Balaban J connectivity index is 1.92. The molecule has 1 aromatic carbocycles. The summed E-state index contributed by atoms with van der Waals surface area (Å²) in [5, 5.41) is 1.46. The molecule has 4 nitrogen and oxygen atoms in total. The Morgan fingerprint density at radius 3 is 2.72 bits per heavy atom. The predicted molar refractivity (Wildman–Crippen MR) is 101 cm³/mol. The highest BCUT2D eigenvalue weighted by molar-refractivity contribution is 6.30. The predicted octanol–water partition coefficient (Wildman–Crippen LogP) is 4.97. The van der Waals surface area contributed by atoms with Gasteiger partial charge in [0.2, 0.25) is 5.91 Å². The molecule has 1 aliphatic carbocycles. The van der Waals surface area contributed by atoms with Crippen molar-refractivity contribution in [2.24, 2.45) is 0 Å². The van der Waals surface area contributed by atoms with Crippen LogP contribution >= 0.6 is 11.6 Å². The number of rotatable bonds is 6. The van der Waals surface area contributed by atoms with Gasteiger partial charge in [-0.2, -0.15) is 0 Å². The lowest BCUT2D eigenvalue weighted by Gasteiger charge is -2.29. The van der Waals surface area contributed by atoms with Crippen molar-refractivity contribution in [3.63, 3.8) is 0 Å². The van der Waals surface area contributed by atoms with Gasteiger partial charge in [0.15, 0.2) is 0 Å². The summed E-state index contributed by atoms with van der Waals surface area (Å²) in [4.78, 5) is 19.0. The average molecular weight is 361 g/mol. The van der Waals surface area contributed by atoms with E-state index in [4.69, 9.17) is 16.3 Å². The summed E-state index contributed by atoms with van der Waals surface area (Å²) in [6, 6.07) is 8.17. The summed E-state index contributed by atoms with van der Waals surface area (Å²) in [5.74, 6) is 1.01. The van der Waals surface area contributed by atoms with E-state index in [0.717, 1.165) is 35.1 Å². The SMILES string of the molecule is CCOc1ccc2nc(Cl)c(CN(C(=O)CC)C3CCCC3)cc2c1. The lowest BCUT2D eigenvalue weighted by atomic mass is 10.1. The Labute approximate surface area is 154 Å². The molecule has 0 saturated heterocycles. The largest absolute Gasteiger partial charge is 0.494 e. The van der Waals surface area contributed by atoms with E-state index in [9.17, 15) is 4.79 Å². The van der Waals surface area contributed by atoms with Gasteiger partial charge in [-0.1, -0.05) is 31.4 Å². The number of aromatic nitrogens is 1. The van der Waals surface area contributed by atoms with Gasteiger partial charge < -0.3 is 9.64 Å². The molecule has 0 radical (unpaired) electrons. The number of ether oxygens (including phenoxy) is 1. The summed E-state index contributed by atoms with van der Waals surface area (Å²) < 4.78 is 5.58. The summed E-state index contributed by atoms with van der Waals surface area (Å²) in [6.07, 6.45) is 5.07. The van der Waals surface area contributed by atoms with Crippen LogP contribution in [0.3, 0.4) is 0 Å². The molecule has 1 saturated carbocycles. The first-order valence-corrected chi connectivity index (χ1v) is 9.51. The second-order valence-electron chi connectivity index (χ2n) is 6.54. The maximum absolute atomic E-state index is 12.5. The van der Waals surface area contributed by atoms with Gasteiger partial charge in [0.1, 0.15) is 10.9 Å². The Morgan fingerprint density at radius 1 is 1.28 bits per heavy atom. The minimum Gasteiger partial charge on any atom is -0.494 e. The molecule has 1 amide bonds. The second-order valence-corrected chi connectivity index (χ2v) is 6.90. The molecule has 0 N–H and O–H groups in total. The quantitative estimate of drug-likeness (QED) is 0.683. The van der Waals surface area contributed by atoms with Gasteiger partial charge in [-0.15, -0.1) is 0 Å². The summed E-state index contributed by atoms with van der Waals surface area (Å²) in [6.45, 7) is 5.03. The molecule has 0 bridgehead atoms. The zero-order chi connectivity index (χ0) is 17.8. The topological polar surface area (TPSA) is 42.4 Å². The number of amides is 1. The molecule has 2 aromatic rings. The van der Waals surface area contributed by atoms with E-state index in [1.165, 1.54) is 12.8 Å². The maximum atomic E-state index is 12.5.